The maximum absolute atomic E-state index is 12.7. The summed E-state index contributed by atoms with van der Waals surface area (Å²) in [6.45, 7) is 1.46. The van der Waals surface area contributed by atoms with Crippen molar-refractivity contribution in [3.63, 3.8) is 0 Å². The average Bonchev–Trinajstić information content (AvgIpc) is 3.17. The Bertz CT molecular complexity index is 1330. The Labute approximate surface area is 168 Å². The second-order valence-electron chi connectivity index (χ2n) is 6.37. The van der Waals surface area contributed by atoms with E-state index in [1.165, 1.54) is 28.7 Å². The zero-order valence-corrected chi connectivity index (χ0v) is 16.1. The van der Waals surface area contributed by atoms with Crippen molar-refractivity contribution >= 4 is 40.1 Å². The molecule has 2 aromatic heterocycles. The summed E-state index contributed by atoms with van der Waals surface area (Å²) in [5.41, 5.74) is 0.558. The van der Waals surface area contributed by atoms with Gasteiger partial charge in [0.2, 0.25) is 0 Å². The molecule has 29 heavy (non-hydrogen) atoms. The Morgan fingerprint density at radius 1 is 1.21 bits per heavy atom. The van der Waals surface area contributed by atoms with Crippen LogP contribution < -0.4 is 10.7 Å². The lowest BCUT2D eigenvalue weighted by Crippen LogP contribution is -2.33. The van der Waals surface area contributed by atoms with Crippen LogP contribution in [0.1, 0.15) is 15.9 Å². The number of carbonyl (C=O) groups is 2. The Balaban J connectivity index is 1.79. The van der Waals surface area contributed by atoms with E-state index in [-0.39, 0.29) is 11.2 Å². The van der Waals surface area contributed by atoms with E-state index in [2.05, 4.69) is 15.4 Å². The van der Waals surface area contributed by atoms with E-state index < -0.39 is 23.9 Å². The van der Waals surface area contributed by atoms with Crippen LogP contribution in [-0.2, 0) is 4.79 Å². The number of carboxylic acid groups (broad SMARTS) is 1. The fraction of sp³-hybridized carbons (Fsp3) is 0.100. The Kier molecular flexibility index (Phi) is 4.81. The molecular weight excluding hydrogens is 392 g/mol. The highest BCUT2D eigenvalue weighted by molar-refractivity contribution is 7.99. The number of fused-ring (bicyclic) bond motifs is 2. The number of pyridine rings is 1. The third-order valence-electron chi connectivity index (χ3n) is 4.47. The zero-order valence-electron chi connectivity index (χ0n) is 15.3. The summed E-state index contributed by atoms with van der Waals surface area (Å²) in [5, 5.41) is 16.6. The van der Waals surface area contributed by atoms with Crippen LogP contribution in [0.5, 0.6) is 0 Å². The summed E-state index contributed by atoms with van der Waals surface area (Å²) in [5.74, 6) is -1.98. The first-order valence-electron chi connectivity index (χ1n) is 8.71. The van der Waals surface area contributed by atoms with Crippen molar-refractivity contribution in [1.29, 1.82) is 0 Å². The van der Waals surface area contributed by atoms with Gasteiger partial charge in [-0.1, -0.05) is 42.1 Å². The molecule has 4 rings (SSSR count). The van der Waals surface area contributed by atoms with E-state index >= 15 is 0 Å². The molecule has 0 bridgehead atoms. The van der Waals surface area contributed by atoms with Crippen LogP contribution in [0, 0.1) is 6.92 Å². The number of nitrogens with one attached hydrogen (secondary N) is 2. The smallest absolute Gasteiger partial charge is 0.322 e. The molecule has 3 N–H and O–H groups in total. The van der Waals surface area contributed by atoms with Gasteiger partial charge in [0.05, 0.1) is 0 Å². The minimum atomic E-state index is -1.20. The van der Waals surface area contributed by atoms with Crippen molar-refractivity contribution < 1.29 is 14.7 Å². The SMILES string of the molecule is Cc1cccc2c(Sc3cc(=O)c(C(=O)NCC(=O)O)c4nc[nH]n34)cccc12. The number of aryl methyl sites for hydroxylation is 1. The average molecular weight is 408 g/mol. The largest absolute Gasteiger partial charge is 0.480 e. The number of benzene rings is 2. The molecule has 4 aromatic rings. The first-order chi connectivity index (χ1) is 14.0. The van der Waals surface area contributed by atoms with Crippen LogP contribution in [0.2, 0.25) is 0 Å². The van der Waals surface area contributed by atoms with Gasteiger partial charge in [-0.15, -0.1) is 0 Å². The topological polar surface area (TPSA) is 117 Å². The summed E-state index contributed by atoms with van der Waals surface area (Å²) < 4.78 is 1.54. The van der Waals surface area contributed by atoms with Crippen LogP contribution in [-0.4, -0.2) is 38.1 Å². The molecule has 0 atom stereocenters. The molecule has 0 fully saturated rings. The maximum Gasteiger partial charge on any atom is 0.322 e. The van der Waals surface area contributed by atoms with Crippen LogP contribution in [0.3, 0.4) is 0 Å². The molecule has 9 heteroatoms. The lowest BCUT2D eigenvalue weighted by molar-refractivity contribution is -0.135. The van der Waals surface area contributed by atoms with Gasteiger partial charge in [-0.25, -0.2) is 9.50 Å². The Hall–Kier alpha value is -3.59. The second kappa shape index (κ2) is 7.44. The molecule has 1 amide bonds. The summed E-state index contributed by atoms with van der Waals surface area (Å²) in [4.78, 5) is 40.7. The van der Waals surface area contributed by atoms with E-state index in [1.807, 2.05) is 43.3 Å². The second-order valence-corrected chi connectivity index (χ2v) is 7.44. The van der Waals surface area contributed by atoms with Crippen LogP contribution >= 0.6 is 11.8 Å². The number of nitrogens with zero attached hydrogens (tertiary/aromatic N) is 2. The quantitative estimate of drug-likeness (QED) is 0.467. The number of aliphatic carboxylic acids is 1. The van der Waals surface area contributed by atoms with E-state index in [0.29, 0.717) is 5.03 Å². The number of carboxylic acids is 1. The molecule has 0 saturated carbocycles. The van der Waals surface area contributed by atoms with Gasteiger partial charge >= 0.3 is 5.97 Å². The number of rotatable bonds is 5. The molecule has 0 unspecified atom stereocenters. The van der Waals surface area contributed by atoms with Crippen LogP contribution in [0.4, 0.5) is 0 Å². The fourth-order valence-corrected chi connectivity index (χ4v) is 4.20. The number of carbonyl (C=O) groups excluding carboxylic acids is 1. The van der Waals surface area contributed by atoms with Crippen molar-refractivity contribution in [3.05, 3.63) is 70.1 Å². The number of aromatic nitrogens is 3. The molecule has 2 heterocycles. The van der Waals surface area contributed by atoms with Gasteiger partial charge in [0.1, 0.15) is 23.5 Å². The van der Waals surface area contributed by atoms with E-state index in [0.717, 1.165) is 21.2 Å². The Morgan fingerprint density at radius 3 is 2.76 bits per heavy atom. The maximum atomic E-state index is 12.7. The summed E-state index contributed by atoms with van der Waals surface area (Å²) >= 11 is 1.38. The number of amides is 1. The lowest BCUT2D eigenvalue weighted by Gasteiger charge is -2.10. The van der Waals surface area contributed by atoms with Gasteiger partial charge in [-0.3, -0.25) is 19.5 Å². The molecule has 0 radical (unpaired) electrons. The minimum Gasteiger partial charge on any atom is -0.480 e. The van der Waals surface area contributed by atoms with Crippen LogP contribution in [0.25, 0.3) is 16.4 Å². The van der Waals surface area contributed by atoms with Crippen molar-refractivity contribution in [2.75, 3.05) is 6.54 Å². The molecule has 146 valence electrons. The third-order valence-corrected chi connectivity index (χ3v) is 5.56. The highest BCUT2D eigenvalue weighted by atomic mass is 32.2. The van der Waals surface area contributed by atoms with Crippen molar-refractivity contribution in [3.8, 4) is 0 Å². The summed E-state index contributed by atoms with van der Waals surface area (Å²) in [7, 11) is 0. The first kappa shape index (κ1) is 18.8. The summed E-state index contributed by atoms with van der Waals surface area (Å²) in [6.07, 6.45) is 1.38. The van der Waals surface area contributed by atoms with E-state index in [1.54, 1.807) is 0 Å². The van der Waals surface area contributed by atoms with Crippen molar-refractivity contribution in [2.45, 2.75) is 16.8 Å². The van der Waals surface area contributed by atoms with Gasteiger partial charge in [0, 0.05) is 11.0 Å². The summed E-state index contributed by atoms with van der Waals surface area (Å²) in [6, 6.07) is 13.4. The molecule has 8 nitrogen and oxygen atoms in total. The van der Waals surface area contributed by atoms with Crippen molar-refractivity contribution in [1.82, 2.24) is 19.9 Å². The highest BCUT2D eigenvalue weighted by Gasteiger charge is 2.20. The monoisotopic (exact) mass is 408 g/mol. The molecule has 2 aromatic carbocycles. The number of hydrogen-bond acceptors (Lipinski definition) is 5. The predicted octanol–water partition coefficient (Wildman–Crippen LogP) is 2.45. The standard InChI is InChI=1S/C20H16N4O4S/c1-11-4-2-6-13-12(11)5-3-7-15(13)29-16-8-14(25)18(19-22-10-23-24(16)19)20(28)21-9-17(26)27/h2-8,10H,9H2,1H3,(H,21,28)(H,22,23)(H,26,27). The minimum absolute atomic E-state index is 0.138. The van der Waals surface area contributed by atoms with E-state index in [4.69, 9.17) is 5.11 Å². The van der Waals surface area contributed by atoms with Crippen molar-refractivity contribution in [2.24, 2.45) is 0 Å². The molecule has 0 spiro atoms. The number of H-pyrrole nitrogens is 1. The van der Waals surface area contributed by atoms with E-state index in [9.17, 15) is 14.4 Å². The van der Waals surface area contributed by atoms with Crippen LogP contribution in [0.15, 0.2) is 63.5 Å². The molecule has 0 aliphatic heterocycles. The number of aromatic amines is 1. The van der Waals surface area contributed by atoms with Gasteiger partial charge in [0.25, 0.3) is 5.91 Å². The van der Waals surface area contributed by atoms with Gasteiger partial charge in [-0.2, -0.15) is 0 Å². The van der Waals surface area contributed by atoms with Gasteiger partial charge in [0.15, 0.2) is 11.1 Å². The molecule has 0 aliphatic carbocycles. The molecular formula is C20H16N4O4S. The Morgan fingerprint density at radius 2 is 1.97 bits per heavy atom. The molecule has 0 aliphatic rings. The third kappa shape index (κ3) is 3.47. The fourth-order valence-electron chi connectivity index (χ4n) is 3.14. The van der Waals surface area contributed by atoms with Gasteiger partial charge in [-0.05, 0) is 29.3 Å². The first-order valence-corrected chi connectivity index (χ1v) is 9.52. The zero-order chi connectivity index (χ0) is 20.5. The normalized spacial score (nSPS) is 11.1. The van der Waals surface area contributed by atoms with Gasteiger partial charge < -0.3 is 10.4 Å². The number of hydrogen-bond donors (Lipinski definition) is 3. The highest BCUT2D eigenvalue weighted by Crippen LogP contribution is 2.34. The lowest BCUT2D eigenvalue weighted by atomic mass is 10.1. The molecule has 0 saturated heterocycles. The predicted molar refractivity (Wildman–Crippen MR) is 109 cm³/mol.